The number of H-pyrrole nitrogens is 1. The van der Waals surface area contributed by atoms with E-state index in [0.717, 1.165) is 5.82 Å². The number of aryl methyl sites for hydroxylation is 1. The Morgan fingerprint density at radius 3 is 2.53 bits per heavy atom. The molecule has 1 aromatic rings. The standard InChI is InChI=1S/C13H22N2/c1-10-14-8-11(15-10)13(4)7-5-6-12(2,3)9-13/h8H,5-7,9H2,1-4H3,(H,14,15). The molecule has 1 atom stereocenters. The van der Waals surface area contributed by atoms with Crippen molar-refractivity contribution in [2.24, 2.45) is 5.41 Å². The fourth-order valence-corrected chi connectivity index (χ4v) is 3.15. The molecule has 0 spiro atoms. The van der Waals surface area contributed by atoms with Crippen LogP contribution in [-0.4, -0.2) is 9.97 Å². The van der Waals surface area contributed by atoms with Crippen LogP contribution in [0.3, 0.4) is 0 Å². The fraction of sp³-hybridized carbons (Fsp3) is 0.769. The van der Waals surface area contributed by atoms with E-state index in [2.05, 4.69) is 30.7 Å². The molecule has 1 fully saturated rings. The number of nitrogens with one attached hydrogen (secondary N) is 1. The number of rotatable bonds is 1. The van der Waals surface area contributed by atoms with E-state index in [1.54, 1.807) is 0 Å². The number of aromatic nitrogens is 2. The van der Waals surface area contributed by atoms with E-state index in [1.807, 2.05) is 13.1 Å². The molecule has 2 heteroatoms. The predicted octanol–water partition coefficient (Wildman–Crippen LogP) is 3.58. The first-order chi connectivity index (χ1) is 6.91. The van der Waals surface area contributed by atoms with Crippen LogP contribution < -0.4 is 0 Å². The minimum atomic E-state index is 0.309. The molecule has 1 N–H and O–H groups in total. The largest absolute Gasteiger partial charge is 0.346 e. The summed E-state index contributed by atoms with van der Waals surface area (Å²) in [5, 5.41) is 0. The zero-order valence-electron chi connectivity index (χ0n) is 10.4. The molecule has 1 saturated carbocycles. The van der Waals surface area contributed by atoms with Crippen molar-refractivity contribution in [1.29, 1.82) is 0 Å². The highest BCUT2D eigenvalue weighted by Crippen LogP contribution is 2.46. The van der Waals surface area contributed by atoms with E-state index in [1.165, 1.54) is 31.4 Å². The van der Waals surface area contributed by atoms with Gasteiger partial charge in [-0.15, -0.1) is 0 Å². The van der Waals surface area contributed by atoms with Crippen molar-refractivity contribution in [3.05, 3.63) is 17.7 Å². The maximum atomic E-state index is 4.33. The van der Waals surface area contributed by atoms with Crippen LogP contribution in [0.4, 0.5) is 0 Å². The second kappa shape index (κ2) is 3.36. The molecule has 1 aliphatic carbocycles. The Kier molecular flexibility index (Phi) is 2.40. The van der Waals surface area contributed by atoms with E-state index in [-0.39, 0.29) is 0 Å². The lowest BCUT2D eigenvalue weighted by Crippen LogP contribution is -2.34. The van der Waals surface area contributed by atoms with E-state index < -0.39 is 0 Å². The topological polar surface area (TPSA) is 28.7 Å². The van der Waals surface area contributed by atoms with Crippen molar-refractivity contribution < 1.29 is 0 Å². The normalized spacial score (nSPS) is 30.4. The molecule has 84 valence electrons. The Hall–Kier alpha value is -0.790. The molecular formula is C13H22N2. The highest BCUT2D eigenvalue weighted by Gasteiger charge is 2.38. The summed E-state index contributed by atoms with van der Waals surface area (Å²) >= 11 is 0. The molecule has 1 heterocycles. The van der Waals surface area contributed by atoms with Crippen molar-refractivity contribution in [1.82, 2.24) is 9.97 Å². The van der Waals surface area contributed by atoms with Crippen LogP contribution in [0.15, 0.2) is 6.20 Å². The highest BCUT2D eigenvalue weighted by atomic mass is 14.9. The third kappa shape index (κ3) is 2.09. The third-order valence-electron chi connectivity index (χ3n) is 3.80. The van der Waals surface area contributed by atoms with Crippen LogP contribution >= 0.6 is 0 Å². The van der Waals surface area contributed by atoms with Gasteiger partial charge in [-0.2, -0.15) is 0 Å². The van der Waals surface area contributed by atoms with Gasteiger partial charge in [-0.05, 0) is 31.6 Å². The Morgan fingerprint density at radius 1 is 1.27 bits per heavy atom. The molecule has 1 aliphatic rings. The van der Waals surface area contributed by atoms with Crippen LogP contribution in [0, 0.1) is 12.3 Å². The second-order valence-electron chi connectivity index (χ2n) is 6.14. The van der Waals surface area contributed by atoms with Crippen molar-refractivity contribution in [3.63, 3.8) is 0 Å². The zero-order valence-corrected chi connectivity index (χ0v) is 10.4. The third-order valence-corrected chi connectivity index (χ3v) is 3.80. The van der Waals surface area contributed by atoms with Crippen molar-refractivity contribution in [2.45, 2.75) is 58.8 Å². The monoisotopic (exact) mass is 206 g/mol. The SMILES string of the molecule is Cc1ncc(C2(C)CCCC(C)(C)C2)[nH]1. The van der Waals surface area contributed by atoms with Crippen LogP contribution in [-0.2, 0) is 5.41 Å². The molecule has 1 aromatic heterocycles. The van der Waals surface area contributed by atoms with Gasteiger partial charge >= 0.3 is 0 Å². The van der Waals surface area contributed by atoms with Gasteiger partial charge in [0.25, 0.3) is 0 Å². The van der Waals surface area contributed by atoms with Crippen LogP contribution in [0.2, 0.25) is 0 Å². The van der Waals surface area contributed by atoms with Gasteiger partial charge < -0.3 is 4.98 Å². The molecule has 0 saturated heterocycles. The van der Waals surface area contributed by atoms with Crippen molar-refractivity contribution in [2.75, 3.05) is 0 Å². The van der Waals surface area contributed by atoms with Gasteiger partial charge in [0.2, 0.25) is 0 Å². The van der Waals surface area contributed by atoms with E-state index in [4.69, 9.17) is 0 Å². The summed E-state index contributed by atoms with van der Waals surface area (Å²) in [5.41, 5.74) is 2.11. The number of hydrogen-bond acceptors (Lipinski definition) is 1. The molecule has 0 aromatic carbocycles. The van der Waals surface area contributed by atoms with Crippen LogP contribution in [0.5, 0.6) is 0 Å². The first-order valence-electron chi connectivity index (χ1n) is 5.93. The molecule has 1 unspecified atom stereocenters. The van der Waals surface area contributed by atoms with Gasteiger partial charge in [0, 0.05) is 17.3 Å². The van der Waals surface area contributed by atoms with Gasteiger partial charge in [0.05, 0.1) is 0 Å². The average Bonchev–Trinajstić information content (AvgIpc) is 2.49. The van der Waals surface area contributed by atoms with Gasteiger partial charge in [-0.25, -0.2) is 4.98 Å². The minimum absolute atomic E-state index is 0.309. The molecule has 0 amide bonds. The van der Waals surface area contributed by atoms with E-state index >= 15 is 0 Å². The summed E-state index contributed by atoms with van der Waals surface area (Å²) < 4.78 is 0. The number of aromatic amines is 1. The molecule has 0 aliphatic heterocycles. The van der Waals surface area contributed by atoms with Gasteiger partial charge in [0.15, 0.2) is 0 Å². The Balaban J connectivity index is 2.26. The van der Waals surface area contributed by atoms with E-state index in [0.29, 0.717) is 10.8 Å². The first kappa shape index (κ1) is 10.7. The number of imidazole rings is 1. The summed E-state index contributed by atoms with van der Waals surface area (Å²) in [6, 6.07) is 0. The fourth-order valence-electron chi connectivity index (χ4n) is 3.15. The Bertz CT molecular complexity index is 351. The van der Waals surface area contributed by atoms with Gasteiger partial charge in [-0.3, -0.25) is 0 Å². The maximum Gasteiger partial charge on any atom is 0.103 e. The second-order valence-corrected chi connectivity index (χ2v) is 6.14. The summed E-state index contributed by atoms with van der Waals surface area (Å²) in [6.45, 7) is 9.17. The minimum Gasteiger partial charge on any atom is -0.346 e. The predicted molar refractivity (Wildman–Crippen MR) is 62.9 cm³/mol. The summed E-state index contributed by atoms with van der Waals surface area (Å²) in [4.78, 5) is 7.74. The maximum absolute atomic E-state index is 4.33. The van der Waals surface area contributed by atoms with E-state index in [9.17, 15) is 0 Å². The smallest absolute Gasteiger partial charge is 0.103 e. The molecular weight excluding hydrogens is 184 g/mol. The molecule has 2 nitrogen and oxygen atoms in total. The van der Waals surface area contributed by atoms with Crippen LogP contribution in [0.1, 0.15) is 58.0 Å². The lowest BCUT2D eigenvalue weighted by Gasteiger charge is -2.42. The molecule has 0 radical (unpaired) electrons. The molecule has 15 heavy (non-hydrogen) atoms. The van der Waals surface area contributed by atoms with Crippen LogP contribution in [0.25, 0.3) is 0 Å². The Labute approximate surface area is 92.5 Å². The Morgan fingerprint density at radius 2 is 2.00 bits per heavy atom. The lowest BCUT2D eigenvalue weighted by atomic mass is 9.63. The molecule has 0 bridgehead atoms. The average molecular weight is 206 g/mol. The highest BCUT2D eigenvalue weighted by molar-refractivity contribution is 5.16. The van der Waals surface area contributed by atoms with Crippen molar-refractivity contribution >= 4 is 0 Å². The summed E-state index contributed by atoms with van der Waals surface area (Å²) in [6.07, 6.45) is 7.27. The quantitative estimate of drug-likeness (QED) is 0.747. The first-order valence-corrected chi connectivity index (χ1v) is 5.93. The lowest BCUT2D eigenvalue weighted by molar-refractivity contribution is 0.157. The number of hydrogen-bond donors (Lipinski definition) is 1. The summed E-state index contributed by atoms with van der Waals surface area (Å²) in [7, 11) is 0. The number of nitrogens with zero attached hydrogens (tertiary/aromatic N) is 1. The van der Waals surface area contributed by atoms with Gasteiger partial charge in [0.1, 0.15) is 5.82 Å². The zero-order chi connectivity index (χ0) is 11.1. The summed E-state index contributed by atoms with van der Waals surface area (Å²) in [5.74, 6) is 1.04. The van der Waals surface area contributed by atoms with Crippen molar-refractivity contribution in [3.8, 4) is 0 Å². The van der Waals surface area contributed by atoms with Gasteiger partial charge in [-0.1, -0.05) is 27.2 Å². The molecule has 2 rings (SSSR count).